The molecule has 0 radical (unpaired) electrons. The Morgan fingerprint density at radius 3 is 2.39 bits per heavy atom. The summed E-state index contributed by atoms with van der Waals surface area (Å²) in [6, 6.07) is 5.38. The van der Waals surface area contributed by atoms with Gasteiger partial charge in [-0.3, -0.25) is 14.4 Å². The fraction of sp³-hybridized carbons (Fsp3) is 0.708. The number of ether oxygens (including phenoxy) is 5. The number of esters is 1. The van der Waals surface area contributed by atoms with Gasteiger partial charge in [-0.15, -0.1) is 0 Å². The lowest BCUT2D eigenvalue weighted by atomic mass is 9.81. The Morgan fingerprint density at radius 2 is 1.70 bits per heavy atom. The largest absolute Gasteiger partial charge is 0.508 e. The average molecular weight is 853 g/mol. The van der Waals surface area contributed by atoms with Crippen molar-refractivity contribution >= 4 is 23.4 Å². The molecule has 13 atom stereocenters. The summed E-state index contributed by atoms with van der Waals surface area (Å²) in [5.74, 6) is -5.71. The molecule has 1 aliphatic carbocycles. The maximum atomic E-state index is 14.4. The van der Waals surface area contributed by atoms with E-state index in [1.54, 1.807) is 45.4 Å². The van der Waals surface area contributed by atoms with Crippen LogP contribution >= 0.6 is 0 Å². The number of methoxy groups -OCH3 is 2. The number of fused-ring (bicyclic) bond motifs is 3. The molecule has 1 amide bonds. The Morgan fingerprint density at radius 1 is 0.984 bits per heavy atom. The Labute approximate surface area is 362 Å². The minimum atomic E-state index is -2.48. The Bertz CT molecular complexity index is 1750. The highest BCUT2D eigenvalue weighted by Crippen LogP contribution is 2.39. The first kappa shape index (κ1) is 48.4. The molecule has 0 aromatic heterocycles. The van der Waals surface area contributed by atoms with Crippen molar-refractivity contribution in [2.75, 3.05) is 20.8 Å². The molecule has 2 bridgehead atoms. The smallest absolute Gasteiger partial charge is 0.329 e. The molecule has 4 aliphatic rings. The number of benzene rings is 1. The molecule has 340 valence electrons. The standard InChI is InChI=1S/C48H72N2O11/c1-9-34-22-28(2)21-29(3)23-41(57-7)44-42(58-8)25-32(6)48(56,61-44)45(53)46(54)50-20-11-10-15-38(50)47(55)60-43(30(4)16-19-39(34)52)31(5)24-33-17-18-37(49)40(26-33)59-36-14-12-13-35(51)27-36/h12-14,22,24,27,29-30,32-34,37-38,40-44,51,56H,9-11,15-21,23,25-26,49H2,1-8H3/b28-22+,31-24?. The van der Waals surface area contributed by atoms with Crippen LogP contribution in [0.1, 0.15) is 119 Å². The van der Waals surface area contributed by atoms with Gasteiger partial charge in [0, 0.05) is 51.1 Å². The van der Waals surface area contributed by atoms with Crippen LogP contribution < -0.4 is 10.5 Å². The first-order valence-electron chi connectivity index (χ1n) is 22.6. The van der Waals surface area contributed by atoms with Crippen molar-refractivity contribution in [3.05, 3.63) is 47.6 Å². The lowest BCUT2D eigenvalue weighted by molar-refractivity contribution is -0.302. The number of phenols is 1. The number of phenolic OH excluding ortho intramolecular Hbond substituents is 1. The van der Waals surface area contributed by atoms with Crippen LogP contribution in [0, 0.1) is 29.6 Å². The second-order valence-corrected chi connectivity index (χ2v) is 18.5. The third kappa shape index (κ3) is 11.9. The van der Waals surface area contributed by atoms with Gasteiger partial charge in [0.2, 0.25) is 5.79 Å². The monoisotopic (exact) mass is 853 g/mol. The van der Waals surface area contributed by atoms with Gasteiger partial charge in [-0.1, -0.05) is 51.5 Å². The second-order valence-electron chi connectivity index (χ2n) is 18.5. The summed E-state index contributed by atoms with van der Waals surface area (Å²) in [6.07, 6.45) is 7.60. The molecule has 0 spiro atoms. The zero-order chi connectivity index (χ0) is 44.6. The first-order chi connectivity index (χ1) is 29.0. The summed E-state index contributed by atoms with van der Waals surface area (Å²) in [5, 5.41) is 22.1. The highest BCUT2D eigenvalue weighted by Gasteiger charge is 2.56. The van der Waals surface area contributed by atoms with Gasteiger partial charge in [0.15, 0.2) is 0 Å². The minimum absolute atomic E-state index is 0.0441. The van der Waals surface area contributed by atoms with Crippen LogP contribution in [0.5, 0.6) is 11.5 Å². The van der Waals surface area contributed by atoms with E-state index >= 15 is 0 Å². The van der Waals surface area contributed by atoms with E-state index in [0.29, 0.717) is 63.5 Å². The molecular weight excluding hydrogens is 781 g/mol. The quantitative estimate of drug-likeness (QED) is 0.152. The van der Waals surface area contributed by atoms with Gasteiger partial charge in [0.25, 0.3) is 11.7 Å². The number of nitrogens with zero attached hydrogens (tertiary/aromatic N) is 1. The number of nitrogens with two attached hydrogens (primary N) is 1. The fourth-order valence-corrected chi connectivity index (χ4v) is 10.0. The summed E-state index contributed by atoms with van der Waals surface area (Å²) < 4.78 is 30.7. The van der Waals surface area contributed by atoms with Crippen molar-refractivity contribution in [1.82, 2.24) is 4.90 Å². The van der Waals surface area contributed by atoms with Crippen molar-refractivity contribution in [2.24, 2.45) is 35.3 Å². The highest BCUT2D eigenvalue weighted by molar-refractivity contribution is 6.39. The van der Waals surface area contributed by atoms with E-state index < -0.39 is 59.8 Å². The lowest BCUT2D eigenvalue weighted by Crippen LogP contribution is -2.64. The topological polar surface area (TPSA) is 184 Å². The Hall–Kier alpha value is -3.62. The third-order valence-corrected chi connectivity index (χ3v) is 13.6. The number of amides is 1. The normalized spacial score (nSPS) is 37.8. The maximum absolute atomic E-state index is 14.4. The molecule has 3 fully saturated rings. The van der Waals surface area contributed by atoms with E-state index in [9.17, 15) is 29.4 Å². The van der Waals surface area contributed by atoms with E-state index in [1.165, 1.54) is 4.90 Å². The summed E-state index contributed by atoms with van der Waals surface area (Å²) in [6.45, 7) is 11.8. The molecule has 1 aromatic rings. The second kappa shape index (κ2) is 21.6. The van der Waals surface area contributed by atoms with E-state index in [1.807, 2.05) is 27.7 Å². The summed E-state index contributed by atoms with van der Waals surface area (Å²) in [5.41, 5.74) is 8.41. The van der Waals surface area contributed by atoms with Crippen molar-refractivity contribution in [1.29, 1.82) is 0 Å². The number of ketones is 2. The fourth-order valence-electron chi connectivity index (χ4n) is 10.0. The van der Waals surface area contributed by atoms with Crippen LogP contribution in [0.2, 0.25) is 0 Å². The van der Waals surface area contributed by atoms with Crippen LogP contribution in [0.4, 0.5) is 0 Å². The van der Waals surface area contributed by atoms with Gasteiger partial charge in [-0.25, -0.2) is 4.79 Å². The first-order valence-corrected chi connectivity index (χ1v) is 22.6. The lowest BCUT2D eigenvalue weighted by Gasteiger charge is -2.47. The number of Topliss-reactive ketones (excluding diaryl/α,β-unsaturated/α-hetero) is 2. The summed E-state index contributed by atoms with van der Waals surface area (Å²) in [7, 11) is 3.10. The number of carbonyl (C=O) groups is 4. The molecule has 1 aromatic carbocycles. The molecule has 61 heavy (non-hydrogen) atoms. The van der Waals surface area contributed by atoms with Gasteiger partial charge in [0.1, 0.15) is 41.6 Å². The van der Waals surface area contributed by atoms with Gasteiger partial charge in [-0.05, 0) is 120 Å². The van der Waals surface area contributed by atoms with Gasteiger partial charge in [0.05, 0.1) is 12.2 Å². The summed E-state index contributed by atoms with van der Waals surface area (Å²) >= 11 is 0. The Balaban J connectivity index is 1.48. The Kier molecular flexibility index (Phi) is 17.2. The number of cyclic esters (lactones) is 1. The zero-order valence-corrected chi connectivity index (χ0v) is 37.7. The van der Waals surface area contributed by atoms with Crippen LogP contribution in [0.15, 0.2) is 47.6 Å². The van der Waals surface area contributed by atoms with Gasteiger partial charge in [-0.2, -0.15) is 0 Å². The number of aromatic hydroxyl groups is 1. The van der Waals surface area contributed by atoms with Gasteiger partial charge >= 0.3 is 5.97 Å². The van der Waals surface area contributed by atoms with Crippen LogP contribution in [0.25, 0.3) is 0 Å². The summed E-state index contributed by atoms with van der Waals surface area (Å²) in [4.78, 5) is 58.1. The maximum Gasteiger partial charge on any atom is 0.329 e. The number of aliphatic hydroxyl groups is 1. The molecule has 3 aliphatic heterocycles. The van der Waals surface area contributed by atoms with Gasteiger partial charge < -0.3 is 44.5 Å². The number of allylic oxidation sites excluding steroid dienone is 3. The van der Waals surface area contributed by atoms with Crippen molar-refractivity contribution in [3.63, 3.8) is 0 Å². The average Bonchev–Trinajstić information content (AvgIpc) is 3.23. The molecule has 2 saturated heterocycles. The van der Waals surface area contributed by atoms with E-state index in [0.717, 1.165) is 17.6 Å². The predicted octanol–water partition coefficient (Wildman–Crippen LogP) is 6.61. The highest BCUT2D eigenvalue weighted by atomic mass is 16.7. The zero-order valence-electron chi connectivity index (χ0n) is 37.7. The van der Waals surface area contributed by atoms with Crippen molar-refractivity contribution in [3.8, 4) is 11.5 Å². The molecular formula is C48H72N2O11. The van der Waals surface area contributed by atoms with Crippen LogP contribution in [0.3, 0.4) is 0 Å². The molecule has 5 rings (SSSR count). The molecule has 13 nitrogen and oxygen atoms in total. The van der Waals surface area contributed by atoms with E-state index in [4.69, 9.17) is 29.4 Å². The molecule has 13 heteroatoms. The third-order valence-electron chi connectivity index (χ3n) is 13.6. The van der Waals surface area contributed by atoms with Crippen LogP contribution in [-0.4, -0.2) is 108 Å². The van der Waals surface area contributed by atoms with Crippen molar-refractivity contribution in [2.45, 2.75) is 167 Å². The predicted molar refractivity (Wildman–Crippen MR) is 230 cm³/mol. The molecule has 1 saturated carbocycles. The van der Waals surface area contributed by atoms with Crippen LogP contribution in [-0.2, 0) is 38.1 Å². The molecule has 4 N–H and O–H groups in total. The molecule has 13 unspecified atom stereocenters. The number of hydrogen-bond donors (Lipinski definition) is 3. The van der Waals surface area contributed by atoms with E-state index in [-0.39, 0.29) is 66.7 Å². The number of carbonyl (C=O) groups excluding carboxylic acids is 4. The number of rotatable bonds is 7. The van der Waals surface area contributed by atoms with Crippen molar-refractivity contribution < 1.29 is 53.1 Å². The number of hydrogen-bond acceptors (Lipinski definition) is 12. The SMILES string of the molecule is CCC1/C=C(\C)CC(C)CC(OC)C2OC(O)(C(=O)C(=O)N3CCCCC3C(=O)OC(C(C)=CC3CCC(N)C(Oc4cccc(O)c4)C3)C(C)CCC1=O)C(C)CC2OC. The molecule has 3 heterocycles. The minimum Gasteiger partial charge on any atom is -0.508 e. The number of piperidine rings is 1. The van der Waals surface area contributed by atoms with E-state index in [2.05, 4.69) is 19.1 Å².